The van der Waals surface area contributed by atoms with Crippen molar-refractivity contribution in [2.24, 2.45) is 5.73 Å². The standard InChI is InChI=1S/C20H19F3N2O3.ClH/c21-20(22,23)16(14-9-5-2-6-10-14)17(24)18(26)25-15(12-28-19(25)27)11-13-7-3-1-4-8-13;/h1-10,15-17H,11-12,24H2;1H/t15-,16+,17-;/m0./s1. The average molecular weight is 429 g/mol. The Morgan fingerprint density at radius 2 is 1.66 bits per heavy atom. The van der Waals surface area contributed by atoms with Crippen LogP contribution < -0.4 is 5.73 Å². The van der Waals surface area contributed by atoms with Gasteiger partial charge in [0.2, 0.25) is 5.91 Å². The topological polar surface area (TPSA) is 72.6 Å². The van der Waals surface area contributed by atoms with Gasteiger partial charge in [-0.25, -0.2) is 9.69 Å². The van der Waals surface area contributed by atoms with Crippen LogP contribution in [0.25, 0.3) is 0 Å². The number of carbonyl (C=O) groups excluding carboxylic acids is 2. The van der Waals surface area contributed by atoms with Crippen molar-refractivity contribution in [1.82, 2.24) is 4.90 Å². The molecule has 156 valence electrons. The molecule has 2 aromatic rings. The molecule has 5 nitrogen and oxygen atoms in total. The number of cyclic esters (lactones) is 1. The number of alkyl halides is 3. The van der Waals surface area contributed by atoms with Crippen LogP contribution in [-0.4, -0.2) is 41.8 Å². The van der Waals surface area contributed by atoms with Gasteiger partial charge in [0.15, 0.2) is 0 Å². The molecule has 0 aliphatic carbocycles. The lowest BCUT2D eigenvalue weighted by Crippen LogP contribution is -2.53. The van der Waals surface area contributed by atoms with Gasteiger partial charge >= 0.3 is 12.3 Å². The molecule has 1 aliphatic heterocycles. The Morgan fingerprint density at radius 3 is 2.21 bits per heavy atom. The first-order valence-corrected chi connectivity index (χ1v) is 8.70. The van der Waals surface area contributed by atoms with Gasteiger partial charge in [0, 0.05) is 0 Å². The molecule has 1 saturated heterocycles. The van der Waals surface area contributed by atoms with Gasteiger partial charge in [-0.05, 0) is 17.5 Å². The van der Waals surface area contributed by atoms with Crippen LogP contribution in [0.1, 0.15) is 17.0 Å². The quantitative estimate of drug-likeness (QED) is 0.788. The number of nitrogens with two attached hydrogens (primary N) is 1. The highest BCUT2D eigenvalue weighted by atomic mass is 35.5. The van der Waals surface area contributed by atoms with E-state index in [4.69, 9.17) is 10.5 Å². The summed E-state index contributed by atoms with van der Waals surface area (Å²) in [6.45, 7) is -0.0891. The monoisotopic (exact) mass is 428 g/mol. The van der Waals surface area contributed by atoms with Crippen molar-refractivity contribution in [3.8, 4) is 0 Å². The Morgan fingerprint density at radius 1 is 1.10 bits per heavy atom. The number of hydrogen-bond acceptors (Lipinski definition) is 4. The predicted molar refractivity (Wildman–Crippen MR) is 103 cm³/mol. The first kappa shape index (κ1) is 22.7. The highest BCUT2D eigenvalue weighted by molar-refractivity contribution is 5.97. The zero-order valence-corrected chi connectivity index (χ0v) is 16.0. The smallest absolute Gasteiger partial charge is 0.417 e. The first-order chi connectivity index (χ1) is 13.3. The van der Waals surface area contributed by atoms with E-state index in [2.05, 4.69) is 0 Å². The molecule has 0 spiro atoms. The minimum atomic E-state index is -4.75. The number of carbonyl (C=O) groups is 2. The highest BCUT2D eigenvalue weighted by Gasteiger charge is 2.50. The second kappa shape index (κ2) is 9.28. The molecule has 0 saturated carbocycles. The maximum Gasteiger partial charge on any atom is 0.417 e. The normalized spacial score (nSPS) is 18.6. The van der Waals surface area contributed by atoms with Crippen LogP contribution in [0.2, 0.25) is 0 Å². The molecular formula is C20H20ClF3N2O3. The Kier molecular flexibility index (Phi) is 7.26. The zero-order valence-electron chi connectivity index (χ0n) is 15.2. The summed E-state index contributed by atoms with van der Waals surface area (Å²) in [5.74, 6) is -3.33. The highest BCUT2D eigenvalue weighted by Crippen LogP contribution is 2.37. The molecule has 1 aliphatic rings. The molecule has 0 radical (unpaired) electrons. The second-order valence-corrected chi connectivity index (χ2v) is 6.58. The van der Waals surface area contributed by atoms with Gasteiger partial charge < -0.3 is 10.5 Å². The predicted octanol–water partition coefficient (Wildman–Crippen LogP) is 3.67. The average Bonchev–Trinajstić information content (AvgIpc) is 3.02. The number of imide groups is 1. The van der Waals surface area contributed by atoms with E-state index in [0.717, 1.165) is 10.5 Å². The fraction of sp³-hybridized carbons (Fsp3) is 0.300. The van der Waals surface area contributed by atoms with E-state index in [9.17, 15) is 22.8 Å². The molecule has 2 amide bonds. The van der Waals surface area contributed by atoms with Crippen molar-refractivity contribution in [3.05, 3.63) is 71.8 Å². The summed E-state index contributed by atoms with van der Waals surface area (Å²) in [6, 6.07) is 13.3. The summed E-state index contributed by atoms with van der Waals surface area (Å²) in [5, 5.41) is 0. The second-order valence-electron chi connectivity index (χ2n) is 6.58. The van der Waals surface area contributed by atoms with E-state index in [1.807, 2.05) is 6.07 Å². The number of nitrogens with zero attached hydrogens (tertiary/aromatic N) is 1. The molecule has 3 atom stereocenters. The minimum absolute atomic E-state index is 0. The van der Waals surface area contributed by atoms with Crippen LogP contribution in [0.3, 0.4) is 0 Å². The summed E-state index contributed by atoms with van der Waals surface area (Å²) in [4.78, 5) is 25.6. The van der Waals surface area contributed by atoms with Crippen molar-refractivity contribution in [2.45, 2.75) is 30.6 Å². The molecule has 2 aromatic carbocycles. The van der Waals surface area contributed by atoms with Crippen molar-refractivity contribution in [2.75, 3.05) is 6.61 Å². The SMILES string of the molecule is Cl.N[C@H](C(=O)N1C(=O)OC[C@@H]1Cc1ccccc1)[C@@H](c1ccccc1)C(F)(F)F. The Hall–Kier alpha value is -2.58. The lowest BCUT2D eigenvalue weighted by molar-refractivity contribution is -0.163. The number of benzene rings is 2. The molecule has 2 N–H and O–H groups in total. The van der Waals surface area contributed by atoms with Gasteiger partial charge in [0.05, 0.1) is 6.04 Å². The Labute approximate surface area is 172 Å². The van der Waals surface area contributed by atoms with Crippen molar-refractivity contribution in [1.29, 1.82) is 0 Å². The molecular weight excluding hydrogens is 409 g/mol. The fourth-order valence-corrected chi connectivity index (χ4v) is 3.33. The number of halogens is 4. The summed E-state index contributed by atoms with van der Waals surface area (Å²) >= 11 is 0. The number of amides is 2. The molecule has 1 fully saturated rings. The van der Waals surface area contributed by atoms with E-state index in [-0.39, 0.29) is 31.0 Å². The third-order valence-electron chi connectivity index (χ3n) is 4.67. The number of hydrogen-bond donors (Lipinski definition) is 1. The van der Waals surface area contributed by atoms with Crippen LogP contribution in [0.4, 0.5) is 18.0 Å². The van der Waals surface area contributed by atoms with E-state index in [1.54, 1.807) is 30.3 Å². The Balaban J connectivity index is 0.00000300. The van der Waals surface area contributed by atoms with E-state index in [0.29, 0.717) is 0 Å². The van der Waals surface area contributed by atoms with Crippen LogP contribution in [0.15, 0.2) is 60.7 Å². The maximum atomic E-state index is 13.7. The summed E-state index contributed by atoms with van der Waals surface area (Å²) in [6.07, 6.45) is -5.46. The number of ether oxygens (including phenoxy) is 1. The van der Waals surface area contributed by atoms with E-state index < -0.39 is 36.2 Å². The van der Waals surface area contributed by atoms with E-state index in [1.165, 1.54) is 24.3 Å². The van der Waals surface area contributed by atoms with Crippen LogP contribution in [0.5, 0.6) is 0 Å². The van der Waals surface area contributed by atoms with Crippen LogP contribution >= 0.6 is 12.4 Å². The lowest BCUT2D eigenvalue weighted by atomic mass is 9.90. The van der Waals surface area contributed by atoms with Gasteiger partial charge in [-0.1, -0.05) is 60.7 Å². The molecule has 29 heavy (non-hydrogen) atoms. The molecule has 3 rings (SSSR count). The summed E-state index contributed by atoms with van der Waals surface area (Å²) in [7, 11) is 0. The van der Waals surface area contributed by atoms with Gasteiger partial charge in [-0.3, -0.25) is 4.79 Å². The summed E-state index contributed by atoms with van der Waals surface area (Å²) < 4.78 is 46.0. The molecule has 9 heteroatoms. The van der Waals surface area contributed by atoms with E-state index >= 15 is 0 Å². The van der Waals surface area contributed by atoms with Gasteiger partial charge in [-0.15, -0.1) is 12.4 Å². The fourth-order valence-electron chi connectivity index (χ4n) is 3.33. The third-order valence-corrected chi connectivity index (χ3v) is 4.67. The van der Waals surface area contributed by atoms with Crippen LogP contribution in [-0.2, 0) is 16.0 Å². The zero-order chi connectivity index (χ0) is 20.3. The third kappa shape index (κ3) is 5.07. The van der Waals surface area contributed by atoms with Gasteiger partial charge in [0.25, 0.3) is 0 Å². The van der Waals surface area contributed by atoms with Gasteiger partial charge in [0.1, 0.15) is 18.6 Å². The van der Waals surface area contributed by atoms with Crippen molar-refractivity contribution < 1.29 is 27.5 Å². The first-order valence-electron chi connectivity index (χ1n) is 8.70. The number of rotatable bonds is 5. The maximum absolute atomic E-state index is 13.7. The van der Waals surface area contributed by atoms with Crippen molar-refractivity contribution >= 4 is 24.4 Å². The molecule has 0 bridgehead atoms. The largest absolute Gasteiger partial charge is 0.447 e. The minimum Gasteiger partial charge on any atom is -0.447 e. The molecule has 0 unspecified atom stereocenters. The lowest BCUT2D eigenvalue weighted by Gasteiger charge is -2.29. The molecule has 0 aromatic heterocycles. The van der Waals surface area contributed by atoms with Crippen LogP contribution in [0, 0.1) is 0 Å². The summed E-state index contributed by atoms with van der Waals surface area (Å²) in [5.41, 5.74) is 6.45. The Bertz CT molecular complexity index is 834. The van der Waals surface area contributed by atoms with Gasteiger partial charge in [-0.2, -0.15) is 13.2 Å². The molecule has 1 heterocycles. The van der Waals surface area contributed by atoms with Crippen molar-refractivity contribution in [3.63, 3.8) is 0 Å².